The maximum absolute atomic E-state index is 12.9. The zero-order valence-corrected chi connectivity index (χ0v) is 18.6. The van der Waals surface area contributed by atoms with E-state index in [4.69, 9.17) is 12.2 Å². The minimum absolute atomic E-state index is 0.176. The fraction of sp³-hybridized carbons (Fsp3) is 0.333. The van der Waals surface area contributed by atoms with Crippen LogP contribution in [0.5, 0.6) is 0 Å². The molecule has 0 aliphatic carbocycles. The Kier molecular flexibility index (Phi) is 6.80. The molecule has 2 amide bonds. The fourth-order valence-corrected chi connectivity index (χ4v) is 4.31. The van der Waals surface area contributed by atoms with Crippen LogP contribution in [-0.2, 0) is 17.8 Å². The van der Waals surface area contributed by atoms with Crippen LogP contribution < -0.4 is 10.9 Å². The van der Waals surface area contributed by atoms with E-state index in [-0.39, 0.29) is 17.4 Å². The highest BCUT2D eigenvalue weighted by atomic mass is 32.1. The lowest BCUT2D eigenvalue weighted by Crippen LogP contribution is -2.29. The van der Waals surface area contributed by atoms with E-state index in [9.17, 15) is 14.4 Å². The van der Waals surface area contributed by atoms with Crippen molar-refractivity contribution in [3.05, 3.63) is 74.8 Å². The Bertz CT molecular complexity index is 1250. The molecule has 1 fully saturated rings. The van der Waals surface area contributed by atoms with Gasteiger partial charge in [0, 0.05) is 38.2 Å². The van der Waals surface area contributed by atoms with Gasteiger partial charge in [0.05, 0.1) is 10.9 Å². The summed E-state index contributed by atoms with van der Waals surface area (Å²) in [4.78, 5) is 42.2. The zero-order chi connectivity index (χ0) is 22.5. The predicted molar refractivity (Wildman–Crippen MR) is 126 cm³/mol. The van der Waals surface area contributed by atoms with Crippen LogP contribution in [0.2, 0.25) is 0 Å². The number of carbonyl (C=O) groups is 2. The average Bonchev–Trinajstić information content (AvgIpc) is 3.21. The molecule has 32 heavy (non-hydrogen) atoms. The number of rotatable bonds is 8. The normalized spacial score (nSPS) is 13.6. The second-order valence-corrected chi connectivity index (χ2v) is 8.36. The molecule has 0 bridgehead atoms. The third-order valence-electron chi connectivity index (χ3n) is 5.77. The van der Waals surface area contributed by atoms with Gasteiger partial charge in [-0.1, -0.05) is 30.3 Å². The molecule has 166 valence electrons. The van der Waals surface area contributed by atoms with E-state index >= 15 is 0 Å². The number of likely N-dealkylation sites (tertiary alicyclic amines) is 1. The molecule has 2 heterocycles. The number of fused-ring (bicyclic) bond motifs is 1. The smallest absolute Gasteiger partial charge is 0.262 e. The number of hydrogen-bond donors (Lipinski definition) is 2. The molecule has 1 aromatic heterocycles. The highest BCUT2D eigenvalue weighted by Gasteiger charge is 2.19. The number of aromatic amines is 1. The van der Waals surface area contributed by atoms with E-state index in [1.807, 2.05) is 35.2 Å². The van der Waals surface area contributed by atoms with Gasteiger partial charge < -0.3 is 15.2 Å². The molecule has 0 atom stereocenters. The SMILES string of the molecule is O=C(NCCc1ccccc1)c1ccc2c(=O)n(CCCN3CCCC3=O)c(=S)[nH]c2c1. The lowest BCUT2D eigenvalue weighted by atomic mass is 10.1. The van der Waals surface area contributed by atoms with Crippen LogP contribution in [0.15, 0.2) is 53.3 Å². The number of aromatic nitrogens is 2. The summed E-state index contributed by atoms with van der Waals surface area (Å²) in [5.74, 6) is -0.0165. The van der Waals surface area contributed by atoms with Gasteiger partial charge in [0.1, 0.15) is 0 Å². The molecule has 3 aromatic rings. The van der Waals surface area contributed by atoms with Gasteiger partial charge in [-0.3, -0.25) is 19.0 Å². The van der Waals surface area contributed by atoms with E-state index in [1.54, 1.807) is 18.2 Å². The highest BCUT2D eigenvalue weighted by Crippen LogP contribution is 2.13. The first-order chi connectivity index (χ1) is 15.5. The summed E-state index contributed by atoms with van der Waals surface area (Å²) in [7, 11) is 0. The van der Waals surface area contributed by atoms with Crippen molar-refractivity contribution in [1.82, 2.24) is 19.8 Å². The molecule has 1 saturated heterocycles. The van der Waals surface area contributed by atoms with Crippen LogP contribution in [0.3, 0.4) is 0 Å². The monoisotopic (exact) mass is 450 g/mol. The number of nitrogens with zero attached hydrogens (tertiary/aromatic N) is 2. The van der Waals surface area contributed by atoms with Crippen molar-refractivity contribution in [3.8, 4) is 0 Å². The lowest BCUT2D eigenvalue weighted by molar-refractivity contribution is -0.127. The molecule has 2 aromatic carbocycles. The largest absolute Gasteiger partial charge is 0.352 e. The summed E-state index contributed by atoms with van der Waals surface area (Å²) < 4.78 is 1.84. The van der Waals surface area contributed by atoms with E-state index in [0.29, 0.717) is 53.7 Å². The van der Waals surface area contributed by atoms with Gasteiger partial charge in [-0.15, -0.1) is 0 Å². The van der Waals surface area contributed by atoms with Crippen molar-refractivity contribution in [3.63, 3.8) is 0 Å². The molecule has 2 N–H and O–H groups in total. The van der Waals surface area contributed by atoms with Crippen molar-refractivity contribution in [2.24, 2.45) is 0 Å². The highest BCUT2D eigenvalue weighted by molar-refractivity contribution is 7.71. The van der Waals surface area contributed by atoms with E-state index < -0.39 is 0 Å². The summed E-state index contributed by atoms with van der Waals surface area (Å²) in [6.45, 7) is 2.38. The van der Waals surface area contributed by atoms with Crippen LogP contribution in [0.1, 0.15) is 35.2 Å². The minimum Gasteiger partial charge on any atom is -0.352 e. The van der Waals surface area contributed by atoms with Gasteiger partial charge in [0.25, 0.3) is 11.5 Å². The molecular weight excluding hydrogens is 424 g/mol. The van der Waals surface area contributed by atoms with Gasteiger partial charge >= 0.3 is 0 Å². The number of amides is 2. The Hall–Kier alpha value is -3.26. The maximum Gasteiger partial charge on any atom is 0.262 e. The number of nitrogens with one attached hydrogen (secondary N) is 2. The summed E-state index contributed by atoms with van der Waals surface area (Å²) in [5, 5.41) is 3.40. The molecule has 8 heteroatoms. The summed E-state index contributed by atoms with van der Waals surface area (Å²) in [6, 6.07) is 14.9. The predicted octanol–water partition coefficient (Wildman–Crippen LogP) is 3.04. The second kappa shape index (κ2) is 9.91. The number of hydrogen-bond acceptors (Lipinski definition) is 4. The fourth-order valence-electron chi connectivity index (χ4n) is 4.03. The summed E-state index contributed by atoms with van der Waals surface area (Å²) in [6.07, 6.45) is 2.92. The molecule has 0 radical (unpaired) electrons. The Balaban J connectivity index is 1.43. The van der Waals surface area contributed by atoms with Crippen LogP contribution in [0.25, 0.3) is 10.9 Å². The number of carbonyl (C=O) groups excluding carboxylic acids is 2. The molecule has 0 spiro atoms. The Morgan fingerprint density at radius 2 is 1.91 bits per heavy atom. The van der Waals surface area contributed by atoms with Gasteiger partial charge in [-0.2, -0.15) is 0 Å². The average molecular weight is 451 g/mol. The van der Waals surface area contributed by atoms with Crippen molar-refractivity contribution in [2.45, 2.75) is 32.2 Å². The first-order valence-electron chi connectivity index (χ1n) is 10.9. The lowest BCUT2D eigenvalue weighted by Gasteiger charge is -2.16. The van der Waals surface area contributed by atoms with Crippen LogP contribution >= 0.6 is 12.2 Å². The quantitative estimate of drug-likeness (QED) is 0.517. The van der Waals surface area contributed by atoms with Crippen LogP contribution in [0.4, 0.5) is 0 Å². The molecule has 1 aliphatic heterocycles. The Labute approximate surface area is 191 Å². The maximum atomic E-state index is 12.9. The molecule has 0 unspecified atom stereocenters. The molecule has 4 rings (SSSR count). The first kappa shape index (κ1) is 22.0. The van der Waals surface area contributed by atoms with E-state index in [0.717, 1.165) is 24.9 Å². The van der Waals surface area contributed by atoms with Gasteiger partial charge in [-0.05, 0) is 55.2 Å². The van der Waals surface area contributed by atoms with Crippen molar-refractivity contribution >= 4 is 34.9 Å². The first-order valence-corrected chi connectivity index (χ1v) is 11.3. The molecular formula is C24H26N4O3S. The standard InChI is InChI=1S/C24H26N4O3S/c29-21-8-4-13-27(21)14-5-15-28-23(31)19-10-9-18(16-20(19)26-24(28)32)22(30)25-12-11-17-6-2-1-3-7-17/h1-3,6-7,9-10,16H,4-5,8,11-15H2,(H,25,30)(H,26,32). The third-order valence-corrected chi connectivity index (χ3v) is 6.09. The molecule has 0 saturated carbocycles. The minimum atomic E-state index is -0.193. The number of benzene rings is 2. The molecule has 7 nitrogen and oxygen atoms in total. The van der Waals surface area contributed by atoms with E-state index in [1.165, 1.54) is 4.57 Å². The third kappa shape index (κ3) is 4.96. The van der Waals surface area contributed by atoms with Crippen molar-refractivity contribution < 1.29 is 9.59 Å². The Morgan fingerprint density at radius 3 is 2.66 bits per heavy atom. The molecule has 1 aliphatic rings. The second-order valence-electron chi connectivity index (χ2n) is 7.98. The van der Waals surface area contributed by atoms with Gasteiger partial charge in [0.15, 0.2) is 4.77 Å². The zero-order valence-electron chi connectivity index (χ0n) is 17.8. The van der Waals surface area contributed by atoms with Crippen molar-refractivity contribution in [1.29, 1.82) is 0 Å². The van der Waals surface area contributed by atoms with Crippen molar-refractivity contribution in [2.75, 3.05) is 19.6 Å². The topological polar surface area (TPSA) is 87.2 Å². The summed E-state index contributed by atoms with van der Waals surface area (Å²) >= 11 is 5.40. The number of H-pyrrole nitrogens is 1. The van der Waals surface area contributed by atoms with Gasteiger partial charge in [-0.25, -0.2) is 0 Å². The van der Waals surface area contributed by atoms with E-state index in [2.05, 4.69) is 10.3 Å². The Morgan fingerprint density at radius 1 is 1.09 bits per heavy atom. The summed E-state index contributed by atoms with van der Waals surface area (Å²) in [5.41, 5.74) is 1.99. The van der Waals surface area contributed by atoms with Crippen LogP contribution in [-0.4, -0.2) is 45.9 Å². The van der Waals surface area contributed by atoms with Gasteiger partial charge in [0.2, 0.25) is 5.91 Å². The van der Waals surface area contributed by atoms with Crippen LogP contribution in [0, 0.1) is 4.77 Å².